The first-order chi connectivity index (χ1) is 11.7. The quantitative estimate of drug-likeness (QED) is 0.286. The van der Waals surface area contributed by atoms with E-state index < -0.39 is 3.94 Å². The topological polar surface area (TPSA) is 38.3 Å². The molecule has 2 aromatic carbocycles. The summed E-state index contributed by atoms with van der Waals surface area (Å²) in [5.41, 5.74) is 0. The minimum atomic E-state index is -0.551. The highest BCUT2D eigenvalue weighted by molar-refractivity contribution is 8.27. The molecule has 0 spiro atoms. The summed E-state index contributed by atoms with van der Waals surface area (Å²) in [7, 11) is 0.710. The van der Waals surface area contributed by atoms with Crippen molar-refractivity contribution < 1.29 is 9.53 Å². The molecule has 0 unspecified atom stereocenters. The first-order valence-corrected chi connectivity index (χ1v) is 10.9. The van der Waals surface area contributed by atoms with E-state index >= 15 is 0 Å². The SMILES string of the molecule is CCOC(=O)CNC(P=S)(Sc1ccccc1)Sc1ccccc1. The molecule has 0 aromatic heterocycles. The van der Waals surface area contributed by atoms with E-state index in [0.29, 0.717) is 14.0 Å². The second-order valence-corrected chi connectivity index (χ2v) is 9.50. The molecule has 0 bridgehead atoms. The van der Waals surface area contributed by atoms with Crippen LogP contribution in [0.4, 0.5) is 0 Å². The van der Waals surface area contributed by atoms with Gasteiger partial charge in [-0.2, -0.15) is 0 Å². The van der Waals surface area contributed by atoms with Gasteiger partial charge in [-0.3, -0.25) is 10.1 Å². The van der Waals surface area contributed by atoms with E-state index in [-0.39, 0.29) is 12.5 Å². The normalized spacial score (nSPS) is 11.4. The number of rotatable bonds is 9. The van der Waals surface area contributed by atoms with Crippen LogP contribution in [0.1, 0.15) is 6.92 Å². The fraction of sp³-hybridized carbons (Fsp3) is 0.235. The molecule has 2 aromatic rings. The molecule has 0 heterocycles. The van der Waals surface area contributed by atoms with Gasteiger partial charge in [0.15, 0.2) is 3.94 Å². The molecule has 7 heteroatoms. The van der Waals surface area contributed by atoms with E-state index in [0.717, 1.165) is 9.79 Å². The Hall–Kier alpha value is -0.910. The average molecular weight is 396 g/mol. The molecule has 3 nitrogen and oxygen atoms in total. The second-order valence-electron chi connectivity index (χ2n) is 4.66. The lowest BCUT2D eigenvalue weighted by Gasteiger charge is -2.28. The Morgan fingerprint density at radius 3 is 2.00 bits per heavy atom. The molecular weight excluding hydrogens is 377 g/mol. The third-order valence-corrected chi connectivity index (χ3v) is 8.25. The van der Waals surface area contributed by atoms with Crippen LogP contribution in [0.3, 0.4) is 0 Å². The van der Waals surface area contributed by atoms with E-state index in [9.17, 15) is 4.79 Å². The largest absolute Gasteiger partial charge is 0.465 e. The fourth-order valence-electron chi connectivity index (χ4n) is 1.85. The lowest BCUT2D eigenvalue weighted by atomic mass is 10.4. The van der Waals surface area contributed by atoms with E-state index in [1.54, 1.807) is 30.4 Å². The summed E-state index contributed by atoms with van der Waals surface area (Å²) in [6.45, 7) is 2.29. The monoisotopic (exact) mass is 395 g/mol. The van der Waals surface area contributed by atoms with Gasteiger partial charge in [0, 0.05) is 17.1 Å². The molecule has 2 rings (SSSR count). The summed E-state index contributed by atoms with van der Waals surface area (Å²) >= 11 is 8.65. The maximum atomic E-state index is 11.8. The van der Waals surface area contributed by atoms with Crippen LogP contribution >= 0.6 is 30.9 Å². The zero-order valence-electron chi connectivity index (χ0n) is 13.2. The van der Waals surface area contributed by atoms with Gasteiger partial charge in [-0.15, -0.1) is 0 Å². The van der Waals surface area contributed by atoms with Crippen molar-refractivity contribution in [1.29, 1.82) is 0 Å². The van der Waals surface area contributed by atoms with Crippen LogP contribution in [-0.4, -0.2) is 23.1 Å². The molecule has 0 radical (unpaired) electrons. The van der Waals surface area contributed by atoms with Crippen molar-refractivity contribution in [2.75, 3.05) is 13.2 Å². The summed E-state index contributed by atoms with van der Waals surface area (Å²) < 4.78 is 4.47. The molecule has 0 fully saturated rings. The van der Waals surface area contributed by atoms with Crippen LogP contribution in [0, 0.1) is 0 Å². The van der Waals surface area contributed by atoms with Crippen molar-refractivity contribution in [3.63, 3.8) is 0 Å². The molecule has 0 saturated heterocycles. The Bertz CT molecular complexity index is 614. The number of ether oxygens (including phenoxy) is 1. The van der Waals surface area contributed by atoms with Gasteiger partial charge in [-0.25, -0.2) is 0 Å². The standard InChI is InChI=1S/C17H18NO2PS3/c1-2-20-16(19)13-18-17(21-22,23-14-9-5-3-6-10-14)24-15-11-7-4-8-12-15/h3-12,18H,2,13H2,1H3. The van der Waals surface area contributed by atoms with Gasteiger partial charge >= 0.3 is 5.97 Å². The molecule has 126 valence electrons. The van der Waals surface area contributed by atoms with Gasteiger partial charge in [0.05, 0.1) is 13.2 Å². The van der Waals surface area contributed by atoms with Gasteiger partial charge in [-0.05, 0) is 31.2 Å². The second kappa shape index (κ2) is 10.2. The molecule has 0 saturated carbocycles. The van der Waals surface area contributed by atoms with Crippen molar-refractivity contribution in [1.82, 2.24) is 5.32 Å². The molecule has 24 heavy (non-hydrogen) atoms. The van der Waals surface area contributed by atoms with Crippen LogP contribution in [0.5, 0.6) is 0 Å². The summed E-state index contributed by atoms with van der Waals surface area (Å²) in [6.07, 6.45) is 0. The van der Waals surface area contributed by atoms with Crippen molar-refractivity contribution in [2.24, 2.45) is 0 Å². The highest BCUT2D eigenvalue weighted by Crippen LogP contribution is 2.50. The van der Waals surface area contributed by atoms with Gasteiger partial charge in [-0.1, -0.05) is 71.7 Å². The van der Waals surface area contributed by atoms with Crippen LogP contribution in [-0.2, 0) is 21.3 Å². The molecule has 0 aliphatic heterocycles. The Balaban J connectivity index is 2.20. The number of hydrogen-bond donors (Lipinski definition) is 1. The van der Waals surface area contributed by atoms with E-state index in [4.69, 9.17) is 16.5 Å². The van der Waals surface area contributed by atoms with Crippen LogP contribution in [0.25, 0.3) is 0 Å². The molecule has 0 amide bonds. The van der Waals surface area contributed by atoms with Gasteiger partial charge in [0.2, 0.25) is 0 Å². The van der Waals surface area contributed by atoms with E-state index in [2.05, 4.69) is 5.32 Å². The van der Waals surface area contributed by atoms with Gasteiger partial charge in [0.1, 0.15) is 0 Å². The zero-order chi connectivity index (χ0) is 17.3. The third-order valence-electron chi connectivity index (χ3n) is 2.88. The Kier molecular flexibility index (Phi) is 8.22. The third kappa shape index (κ3) is 6.19. The maximum Gasteiger partial charge on any atom is 0.319 e. The van der Waals surface area contributed by atoms with E-state index in [1.807, 2.05) is 60.7 Å². The minimum absolute atomic E-state index is 0.122. The van der Waals surface area contributed by atoms with Crippen molar-refractivity contribution >= 4 is 48.7 Å². The molecule has 0 aliphatic carbocycles. The maximum absolute atomic E-state index is 11.8. The number of esters is 1. The van der Waals surface area contributed by atoms with Crippen LogP contribution < -0.4 is 5.32 Å². The molecule has 0 aliphatic rings. The molecule has 0 atom stereocenters. The first kappa shape index (κ1) is 19.4. The summed E-state index contributed by atoms with van der Waals surface area (Å²) in [5.74, 6) is -0.275. The highest BCUT2D eigenvalue weighted by Gasteiger charge is 2.32. The highest BCUT2D eigenvalue weighted by atomic mass is 32.4. The summed E-state index contributed by atoms with van der Waals surface area (Å²) in [4.78, 5) is 14.0. The lowest BCUT2D eigenvalue weighted by molar-refractivity contribution is -0.141. The lowest BCUT2D eigenvalue weighted by Crippen LogP contribution is -2.38. The number of benzene rings is 2. The number of carbonyl (C=O) groups is 1. The predicted octanol–water partition coefficient (Wildman–Crippen LogP) is 4.74. The number of carbonyl (C=O) groups excluding carboxylic acids is 1. The number of thioether (sulfide) groups is 2. The van der Waals surface area contributed by atoms with Crippen LogP contribution in [0.15, 0.2) is 70.5 Å². The van der Waals surface area contributed by atoms with Crippen LogP contribution in [0.2, 0.25) is 0 Å². The van der Waals surface area contributed by atoms with E-state index in [1.165, 1.54) is 0 Å². The zero-order valence-corrected chi connectivity index (χ0v) is 16.5. The summed E-state index contributed by atoms with van der Waals surface area (Å²) in [5, 5.41) is 3.30. The first-order valence-electron chi connectivity index (χ1n) is 7.41. The van der Waals surface area contributed by atoms with Gasteiger partial charge < -0.3 is 4.74 Å². The molecule has 1 N–H and O–H groups in total. The van der Waals surface area contributed by atoms with Gasteiger partial charge in [0.25, 0.3) is 0 Å². The Morgan fingerprint density at radius 1 is 1.08 bits per heavy atom. The smallest absolute Gasteiger partial charge is 0.319 e. The van der Waals surface area contributed by atoms with Crippen molar-refractivity contribution in [3.8, 4) is 0 Å². The van der Waals surface area contributed by atoms with Crippen molar-refractivity contribution in [2.45, 2.75) is 20.7 Å². The Morgan fingerprint density at radius 2 is 1.58 bits per heavy atom. The molecular formula is C17H18NO2PS3. The average Bonchev–Trinajstić information content (AvgIpc) is 2.62. The number of hydrogen-bond acceptors (Lipinski definition) is 6. The van der Waals surface area contributed by atoms with Crippen molar-refractivity contribution in [3.05, 3.63) is 60.7 Å². The Labute approximate surface area is 157 Å². The minimum Gasteiger partial charge on any atom is -0.465 e. The summed E-state index contributed by atoms with van der Waals surface area (Å²) in [6, 6.07) is 20.1. The number of nitrogens with one attached hydrogen (secondary N) is 1. The predicted molar refractivity (Wildman–Crippen MR) is 106 cm³/mol. The fourth-order valence-corrected chi connectivity index (χ4v) is 6.05.